The average Bonchev–Trinajstić information content (AvgIpc) is 2.98. The van der Waals surface area contributed by atoms with Crippen LogP contribution in [0.5, 0.6) is 0 Å². The van der Waals surface area contributed by atoms with Crippen LogP contribution in [0.2, 0.25) is 0 Å². The van der Waals surface area contributed by atoms with Gasteiger partial charge < -0.3 is 10.4 Å². The van der Waals surface area contributed by atoms with Crippen molar-refractivity contribution in [3.8, 4) is 0 Å². The van der Waals surface area contributed by atoms with Gasteiger partial charge in [-0.05, 0) is 35.1 Å². The van der Waals surface area contributed by atoms with Gasteiger partial charge in [-0.1, -0.05) is 32.0 Å². The van der Waals surface area contributed by atoms with Crippen molar-refractivity contribution in [1.82, 2.24) is 5.32 Å². The van der Waals surface area contributed by atoms with Crippen LogP contribution in [0.3, 0.4) is 0 Å². The summed E-state index contributed by atoms with van der Waals surface area (Å²) in [6.07, 6.45) is 0. The van der Waals surface area contributed by atoms with Crippen LogP contribution in [-0.4, -0.2) is 17.0 Å². The Morgan fingerprint density at radius 2 is 1.81 bits per heavy atom. The molecule has 0 fully saturated rings. The molecule has 0 bridgehead atoms. The van der Waals surface area contributed by atoms with Gasteiger partial charge in [0.05, 0.1) is 0 Å². The van der Waals surface area contributed by atoms with Crippen LogP contribution in [0.1, 0.15) is 46.6 Å². The zero-order chi connectivity index (χ0) is 15.4. The van der Waals surface area contributed by atoms with Crippen molar-refractivity contribution in [1.29, 1.82) is 0 Å². The van der Waals surface area contributed by atoms with Gasteiger partial charge >= 0.3 is 5.97 Å². The minimum Gasteiger partial charge on any atom is -0.479 e. The number of carboxylic acid groups (broad SMARTS) is 1. The molecule has 1 unspecified atom stereocenters. The standard InChI is InChI=1S/C16H17NO3S/c1-10(2)11-5-7-12(8-6-11)15(18)17-14(16(19)20)13-4-3-9-21-13/h3-10,14H,1-2H3,(H,17,18)(H,19,20). The smallest absolute Gasteiger partial charge is 0.331 e. The Bertz CT molecular complexity index is 617. The van der Waals surface area contributed by atoms with Crippen LogP contribution in [0.15, 0.2) is 41.8 Å². The topological polar surface area (TPSA) is 66.4 Å². The molecule has 110 valence electrons. The second-order valence-electron chi connectivity index (χ2n) is 5.04. The molecule has 0 saturated heterocycles. The van der Waals surface area contributed by atoms with Crippen LogP contribution in [0, 0.1) is 0 Å². The maximum absolute atomic E-state index is 12.2. The number of carbonyl (C=O) groups is 2. The number of carbonyl (C=O) groups excluding carboxylic acids is 1. The first kappa shape index (κ1) is 15.3. The lowest BCUT2D eigenvalue weighted by Crippen LogP contribution is -2.33. The van der Waals surface area contributed by atoms with Gasteiger partial charge in [0.1, 0.15) is 0 Å². The second-order valence-corrected chi connectivity index (χ2v) is 6.02. The highest BCUT2D eigenvalue weighted by molar-refractivity contribution is 7.10. The van der Waals surface area contributed by atoms with Gasteiger partial charge in [0, 0.05) is 10.4 Å². The van der Waals surface area contributed by atoms with Crippen LogP contribution < -0.4 is 5.32 Å². The summed E-state index contributed by atoms with van der Waals surface area (Å²) in [7, 11) is 0. The molecule has 1 amide bonds. The average molecular weight is 303 g/mol. The molecular weight excluding hydrogens is 286 g/mol. The maximum Gasteiger partial charge on any atom is 0.331 e. The molecule has 4 nitrogen and oxygen atoms in total. The predicted octanol–water partition coefficient (Wildman–Crippen LogP) is 3.43. The first-order chi connectivity index (χ1) is 9.99. The maximum atomic E-state index is 12.2. The molecule has 0 aliphatic carbocycles. The van der Waals surface area contributed by atoms with E-state index >= 15 is 0 Å². The van der Waals surface area contributed by atoms with Crippen molar-refractivity contribution in [2.24, 2.45) is 0 Å². The van der Waals surface area contributed by atoms with E-state index in [1.54, 1.807) is 29.6 Å². The van der Waals surface area contributed by atoms with Crippen LogP contribution >= 0.6 is 11.3 Å². The molecule has 1 aromatic heterocycles. The van der Waals surface area contributed by atoms with Gasteiger partial charge in [0.15, 0.2) is 6.04 Å². The van der Waals surface area contributed by atoms with E-state index in [-0.39, 0.29) is 5.91 Å². The minimum atomic E-state index is -1.07. The van der Waals surface area contributed by atoms with Crippen molar-refractivity contribution < 1.29 is 14.7 Å². The van der Waals surface area contributed by atoms with E-state index in [0.717, 1.165) is 5.56 Å². The van der Waals surface area contributed by atoms with Gasteiger partial charge in [-0.2, -0.15) is 0 Å². The highest BCUT2D eigenvalue weighted by Crippen LogP contribution is 2.20. The molecule has 2 N–H and O–H groups in total. The largest absolute Gasteiger partial charge is 0.479 e. The highest BCUT2D eigenvalue weighted by atomic mass is 32.1. The molecule has 21 heavy (non-hydrogen) atoms. The third-order valence-electron chi connectivity index (χ3n) is 3.19. The Balaban J connectivity index is 2.14. The summed E-state index contributed by atoms with van der Waals surface area (Å²) in [5, 5.41) is 13.6. The van der Waals surface area contributed by atoms with Gasteiger partial charge in [-0.15, -0.1) is 11.3 Å². The highest BCUT2D eigenvalue weighted by Gasteiger charge is 2.23. The molecule has 0 spiro atoms. The fourth-order valence-electron chi connectivity index (χ4n) is 1.94. The molecule has 0 saturated carbocycles. The summed E-state index contributed by atoms with van der Waals surface area (Å²) < 4.78 is 0. The molecule has 2 rings (SSSR count). The molecule has 0 aliphatic heterocycles. The summed E-state index contributed by atoms with van der Waals surface area (Å²) in [5.41, 5.74) is 1.60. The summed E-state index contributed by atoms with van der Waals surface area (Å²) in [6.45, 7) is 4.15. The Hall–Kier alpha value is -2.14. The van der Waals surface area contributed by atoms with Crippen LogP contribution in [-0.2, 0) is 4.79 Å². The lowest BCUT2D eigenvalue weighted by Gasteiger charge is -2.13. The molecule has 1 aromatic carbocycles. The molecule has 0 radical (unpaired) electrons. The Morgan fingerprint density at radius 3 is 2.29 bits per heavy atom. The van der Waals surface area contributed by atoms with E-state index in [4.69, 9.17) is 0 Å². The Kier molecular flexibility index (Phi) is 4.75. The van der Waals surface area contributed by atoms with E-state index < -0.39 is 12.0 Å². The Labute approximate surface area is 127 Å². The van der Waals surface area contributed by atoms with E-state index in [0.29, 0.717) is 16.4 Å². The summed E-state index contributed by atoms with van der Waals surface area (Å²) in [6, 6.07) is 9.67. The zero-order valence-electron chi connectivity index (χ0n) is 11.9. The Morgan fingerprint density at radius 1 is 1.14 bits per heavy atom. The molecule has 2 aromatic rings. The quantitative estimate of drug-likeness (QED) is 0.889. The fraction of sp³-hybridized carbons (Fsp3) is 0.250. The number of hydrogen-bond donors (Lipinski definition) is 2. The summed E-state index contributed by atoms with van der Waals surface area (Å²) in [4.78, 5) is 24.1. The van der Waals surface area contributed by atoms with Crippen molar-refractivity contribution in [3.63, 3.8) is 0 Å². The van der Waals surface area contributed by atoms with Gasteiger partial charge in [-0.25, -0.2) is 4.79 Å². The van der Waals surface area contributed by atoms with Crippen LogP contribution in [0.25, 0.3) is 0 Å². The van der Waals surface area contributed by atoms with E-state index in [1.165, 1.54) is 11.3 Å². The molecular formula is C16H17NO3S. The number of amides is 1. The normalized spacial score (nSPS) is 12.1. The first-order valence-corrected chi connectivity index (χ1v) is 7.54. The van der Waals surface area contributed by atoms with Crippen molar-refractivity contribution in [3.05, 3.63) is 57.8 Å². The van der Waals surface area contributed by atoms with Crippen molar-refractivity contribution in [2.75, 3.05) is 0 Å². The molecule has 5 heteroatoms. The van der Waals surface area contributed by atoms with Crippen molar-refractivity contribution >= 4 is 23.2 Å². The minimum absolute atomic E-state index is 0.383. The number of nitrogens with one attached hydrogen (secondary N) is 1. The van der Waals surface area contributed by atoms with Gasteiger partial charge in [-0.3, -0.25) is 4.79 Å². The lowest BCUT2D eigenvalue weighted by atomic mass is 10.0. The first-order valence-electron chi connectivity index (χ1n) is 6.66. The SMILES string of the molecule is CC(C)c1ccc(C(=O)NC(C(=O)O)c2cccs2)cc1. The number of thiophene rings is 1. The number of rotatable bonds is 5. The number of carboxylic acids is 1. The summed E-state index contributed by atoms with van der Waals surface area (Å²) in [5.74, 6) is -1.06. The van der Waals surface area contributed by atoms with E-state index in [9.17, 15) is 14.7 Å². The van der Waals surface area contributed by atoms with Crippen LogP contribution in [0.4, 0.5) is 0 Å². The third-order valence-corrected chi connectivity index (χ3v) is 4.13. The monoisotopic (exact) mass is 303 g/mol. The molecule has 1 atom stereocenters. The van der Waals surface area contributed by atoms with E-state index in [2.05, 4.69) is 19.2 Å². The second kappa shape index (κ2) is 6.54. The van der Waals surface area contributed by atoms with Gasteiger partial charge in [0.2, 0.25) is 0 Å². The molecule has 1 heterocycles. The number of hydrogen-bond acceptors (Lipinski definition) is 3. The van der Waals surface area contributed by atoms with E-state index in [1.807, 2.05) is 12.1 Å². The zero-order valence-corrected chi connectivity index (χ0v) is 12.7. The van der Waals surface area contributed by atoms with Gasteiger partial charge in [0.25, 0.3) is 5.91 Å². The predicted molar refractivity (Wildman–Crippen MR) is 82.7 cm³/mol. The summed E-state index contributed by atoms with van der Waals surface area (Å²) >= 11 is 1.31. The third kappa shape index (κ3) is 3.70. The fourth-order valence-corrected chi connectivity index (χ4v) is 2.71. The number of aliphatic carboxylic acids is 1. The lowest BCUT2D eigenvalue weighted by molar-refractivity contribution is -0.139. The van der Waals surface area contributed by atoms with Crippen molar-refractivity contribution in [2.45, 2.75) is 25.8 Å². The number of benzene rings is 1. The molecule has 0 aliphatic rings.